The summed E-state index contributed by atoms with van der Waals surface area (Å²) in [6.07, 6.45) is 3.26. The number of rotatable bonds is 5. The van der Waals surface area contributed by atoms with Crippen LogP contribution in [-0.2, 0) is 0 Å². The highest BCUT2D eigenvalue weighted by atomic mass is 79.9. The number of carbonyl (C=O) groups is 1. The monoisotopic (exact) mass is 395 g/mol. The Kier molecular flexibility index (Phi) is 5.46. The minimum atomic E-state index is -0.151. The van der Waals surface area contributed by atoms with Crippen molar-refractivity contribution in [3.63, 3.8) is 0 Å². The van der Waals surface area contributed by atoms with Gasteiger partial charge in [-0.3, -0.25) is 9.78 Å². The summed E-state index contributed by atoms with van der Waals surface area (Å²) in [4.78, 5) is 16.7. The van der Waals surface area contributed by atoms with Crippen LogP contribution < -0.4 is 10.6 Å². The summed E-state index contributed by atoms with van der Waals surface area (Å²) >= 11 is 3.44. The van der Waals surface area contributed by atoms with E-state index in [4.69, 9.17) is 0 Å². The minimum absolute atomic E-state index is 0.0737. The maximum atomic E-state index is 12.5. The molecule has 0 aliphatic carbocycles. The van der Waals surface area contributed by atoms with Crippen LogP contribution in [-0.4, -0.2) is 10.9 Å². The summed E-state index contributed by atoms with van der Waals surface area (Å²) in [5.74, 6) is -0.151. The topological polar surface area (TPSA) is 54.0 Å². The Labute approximate surface area is 155 Å². The van der Waals surface area contributed by atoms with E-state index in [0.717, 1.165) is 21.4 Å². The summed E-state index contributed by atoms with van der Waals surface area (Å²) in [5.41, 5.74) is 3.26. The van der Waals surface area contributed by atoms with Gasteiger partial charge in [-0.2, -0.15) is 0 Å². The second-order valence-electron chi connectivity index (χ2n) is 5.70. The predicted molar refractivity (Wildman–Crippen MR) is 104 cm³/mol. The van der Waals surface area contributed by atoms with Crippen LogP contribution in [0, 0.1) is 0 Å². The van der Waals surface area contributed by atoms with Gasteiger partial charge in [-0.15, -0.1) is 0 Å². The van der Waals surface area contributed by atoms with Crippen molar-refractivity contribution >= 4 is 33.2 Å². The fourth-order valence-corrected chi connectivity index (χ4v) is 2.87. The van der Waals surface area contributed by atoms with E-state index < -0.39 is 0 Å². The van der Waals surface area contributed by atoms with E-state index in [9.17, 15) is 4.79 Å². The van der Waals surface area contributed by atoms with Crippen molar-refractivity contribution in [3.8, 4) is 0 Å². The maximum absolute atomic E-state index is 12.5. The van der Waals surface area contributed by atoms with Crippen molar-refractivity contribution in [2.24, 2.45) is 0 Å². The van der Waals surface area contributed by atoms with Crippen molar-refractivity contribution in [1.82, 2.24) is 10.3 Å². The molecule has 0 aliphatic heterocycles. The maximum Gasteiger partial charge on any atom is 0.253 e. The second-order valence-corrected chi connectivity index (χ2v) is 6.62. The quantitative estimate of drug-likeness (QED) is 0.633. The number of halogens is 1. The molecule has 2 N–H and O–H groups in total. The highest BCUT2D eigenvalue weighted by Gasteiger charge is 2.12. The zero-order chi connectivity index (χ0) is 17.6. The third-order valence-electron chi connectivity index (χ3n) is 3.76. The molecule has 0 saturated heterocycles. The van der Waals surface area contributed by atoms with E-state index in [0.29, 0.717) is 5.56 Å². The van der Waals surface area contributed by atoms with Crippen LogP contribution in [0.4, 0.5) is 11.4 Å². The molecule has 2 aromatic carbocycles. The van der Waals surface area contributed by atoms with Crippen molar-refractivity contribution in [2.75, 3.05) is 5.32 Å². The summed E-state index contributed by atoms with van der Waals surface area (Å²) in [6.45, 7) is 1.96. The Bertz CT molecular complexity index is 868. The number of pyridine rings is 1. The smallest absolute Gasteiger partial charge is 0.253 e. The van der Waals surface area contributed by atoms with E-state index in [1.165, 1.54) is 0 Å². The molecule has 1 aromatic heterocycles. The first-order chi connectivity index (χ1) is 12.1. The molecule has 4 nitrogen and oxygen atoms in total. The molecule has 0 spiro atoms. The summed E-state index contributed by atoms with van der Waals surface area (Å²) in [5, 5.41) is 6.25. The molecule has 0 fully saturated rings. The lowest BCUT2D eigenvalue weighted by Crippen LogP contribution is -2.26. The van der Waals surface area contributed by atoms with Crippen molar-refractivity contribution in [1.29, 1.82) is 0 Å². The van der Waals surface area contributed by atoms with E-state index in [1.54, 1.807) is 18.5 Å². The number of hydrogen-bond acceptors (Lipinski definition) is 3. The third-order valence-corrected chi connectivity index (χ3v) is 4.25. The van der Waals surface area contributed by atoms with Gasteiger partial charge in [0.2, 0.25) is 0 Å². The van der Waals surface area contributed by atoms with Crippen LogP contribution in [0.2, 0.25) is 0 Å². The first kappa shape index (κ1) is 17.2. The van der Waals surface area contributed by atoms with Gasteiger partial charge in [-0.05, 0) is 36.8 Å². The largest absolute Gasteiger partial charge is 0.354 e. The Morgan fingerprint density at radius 3 is 2.56 bits per heavy atom. The Morgan fingerprint density at radius 1 is 1.00 bits per heavy atom. The number of aromatic nitrogens is 1. The van der Waals surface area contributed by atoms with Gasteiger partial charge in [-0.1, -0.05) is 52.3 Å². The highest BCUT2D eigenvalue weighted by molar-refractivity contribution is 9.10. The number of anilines is 2. The van der Waals surface area contributed by atoms with Gasteiger partial charge in [0.25, 0.3) is 5.91 Å². The van der Waals surface area contributed by atoms with Gasteiger partial charge in [-0.25, -0.2) is 0 Å². The predicted octanol–water partition coefficient (Wildman–Crippen LogP) is 5.08. The molecule has 1 heterocycles. The van der Waals surface area contributed by atoms with E-state index in [-0.39, 0.29) is 11.9 Å². The van der Waals surface area contributed by atoms with Gasteiger partial charge in [0.15, 0.2) is 0 Å². The van der Waals surface area contributed by atoms with Crippen LogP contribution in [0.15, 0.2) is 77.5 Å². The molecular weight excluding hydrogens is 378 g/mol. The van der Waals surface area contributed by atoms with Crippen LogP contribution >= 0.6 is 15.9 Å². The van der Waals surface area contributed by atoms with Gasteiger partial charge < -0.3 is 10.6 Å². The third kappa shape index (κ3) is 4.67. The summed E-state index contributed by atoms with van der Waals surface area (Å²) < 4.78 is 0.982. The molecule has 0 saturated carbocycles. The minimum Gasteiger partial charge on any atom is -0.354 e. The Morgan fingerprint density at radius 2 is 1.80 bits per heavy atom. The lowest BCUT2D eigenvalue weighted by atomic mass is 10.1. The second kappa shape index (κ2) is 7.94. The summed E-state index contributed by atoms with van der Waals surface area (Å²) in [7, 11) is 0. The average Bonchev–Trinajstić information content (AvgIpc) is 2.62. The molecule has 0 aliphatic rings. The first-order valence-corrected chi connectivity index (χ1v) is 8.74. The lowest BCUT2D eigenvalue weighted by Gasteiger charge is -2.14. The van der Waals surface area contributed by atoms with Crippen molar-refractivity contribution < 1.29 is 4.79 Å². The number of carbonyl (C=O) groups excluding carboxylic acids is 1. The zero-order valence-corrected chi connectivity index (χ0v) is 15.3. The number of nitrogens with one attached hydrogen (secondary N) is 2. The SMILES string of the molecule is CC(NC(=O)c1cncc(Nc2cccc(Br)c2)c1)c1ccccc1. The van der Waals surface area contributed by atoms with Crippen LogP contribution in [0.1, 0.15) is 28.9 Å². The average molecular weight is 396 g/mol. The van der Waals surface area contributed by atoms with Crippen LogP contribution in [0.25, 0.3) is 0 Å². The standard InChI is InChI=1S/C20H18BrN3O/c1-14(15-6-3-2-4-7-15)23-20(25)16-10-19(13-22-12-16)24-18-9-5-8-17(21)11-18/h2-14,24H,1H3,(H,23,25). The summed E-state index contributed by atoms with van der Waals surface area (Å²) in [6, 6.07) is 19.4. The van der Waals surface area contributed by atoms with Gasteiger partial charge in [0.1, 0.15) is 0 Å². The molecule has 1 atom stereocenters. The van der Waals surface area contributed by atoms with Gasteiger partial charge >= 0.3 is 0 Å². The fraction of sp³-hybridized carbons (Fsp3) is 0.100. The molecule has 5 heteroatoms. The number of nitrogens with zero attached hydrogens (tertiary/aromatic N) is 1. The normalized spacial score (nSPS) is 11.6. The Balaban J connectivity index is 1.71. The molecule has 0 bridgehead atoms. The van der Waals surface area contributed by atoms with E-state index in [2.05, 4.69) is 31.5 Å². The fourth-order valence-electron chi connectivity index (χ4n) is 2.47. The molecule has 0 radical (unpaired) electrons. The molecule has 126 valence electrons. The van der Waals surface area contributed by atoms with Crippen molar-refractivity contribution in [2.45, 2.75) is 13.0 Å². The van der Waals surface area contributed by atoms with Gasteiger partial charge in [0.05, 0.1) is 23.5 Å². The first-order valence-electron chi connectivity index (χ1n) is 7.95. The molecule has 1 amide bonds. The molecule has 1 unspecified atom stereocenters. The van der Waals surface area contributed by atoms with Crippen molar-refractivity contribution in [3.05, 3.63) is 88.7 Å². The van der Waals surface area contributed by atoms with Crippen LogP contribution in [0.3, 0.4) is 0 Å². The molecule has 3 aromatic rings. The molecule has 25 heavy (non-hydrogen) atoms. The zero-order valence-electron chi connectivity index (χ0n) is 13.7. The lowest BCUT2D eigenvalue weighted by molar-refractivity contribution is 0.0939. The van der Waals surface area contributed by atoms with Gasteiger partial charge in [0, 0.05) is 16.4 Å². The number of amides is 1. The van der Waals surface area contributed by atoms with E-state index in [1.807, 2.05) is 61.5 Å². The highest BCUT2D eigenvalue weighted by Crippen LogP contribution is 2.21. The van der Waals surface area contributed by atoms with E-state index >= 15 is 0 Å². The molecule has 3 rings (SSSR count). The Hall–Kier alpha value is -2.66. The number of hydrogen-bond donors (Lipinski definition) is 2. The number of benzene rings is 2. The molecular formula is C20H18BrN3O. The van der Waals surface area contributed by atoms with Crippen LogP contribution in [0.5, 0.6) is 0 Å².